The van der Waals surface area contributed by atoms with E-state index in [1.807, 2.05) is 13.8 Å². The predicted molar refractivity (Wildman–Crippen MR) is 87.6 cm³/mol. The molecule has 0 bridgehead atoms. The minimum atomic E-state index is -4.35. The lowest BCUT2D eigenvalue weighted by molar-refractivity contribution is -0.143. The fraction of sp³-hybridized carbons (Fsp3) is 0.667. The third-order valence-electron chi connectivity index (χ3n) is 3.95. The monoisotopic (exact) mass is 375 g/mol. The normalized spacial score (nSPS) is 17.8. The maximum Gasteiger partial charge on any atom is 0.408 e. The van der Waals surface area contributed by atoms with Crippen LogP contribution in [0.25, 0.3) is 11.5 Å². The molecule has 1 atom stereocenters. The molecule has 1 aliphatic heterocycles. The molecule has 0 amide bonds. The third-order valence-corrected chi connectivity index (χ3v) is 4.73. The molecule has 138 valence electrons. The molecule has 0 aliphatic carbocycles. The molecule has 1 fully saturated rings. The van der Waals surface area contributed by atoms with Gasteiger partial charge in [-0.2, -0.15) is 13.2 Å². The molecule has 3 rings (SSSR count). The summed E-state index contributed by atoms with van der Waals surface area (Å²) in [5, 5.41) is 6.67. The predicted octanol–water partition coefficient (Wildman–Crippen LogP) is 2.71. The molecule has 1 aliphatic rings. The first-order valence-electron chi connectivity index (χ1n) is 8.06. The Morgan fingerprint density at radius 2 is 2.00 bits per heavy atom. The molecule has 25 heavy (non-hydrogen) atoms. The average Bonchev–Trinajstić information content (AvgIpc) is 3.13. The zero-order valence-electron chi connectivity index (χ0n) is 14.1. The first kappa shape index (κ1) is 18.3. The lowest BCUT2D eigenvalue weighted by Gasteiger charge is -2.28. The van der Waals surface area contributed by atoms with Gasteiger partial charge in [-0.3, -0.25) is 4.90 Å². The Morgan fingerprint density at radius 3 is 2.60 bits per heavy atom. The van der Waals surface area contributed by atoms with Gasteiger partial charge in [0.25, 0.3) is 0 Å². The zero-order valence-corrected chi connectivity index (χ0v) is 14.9. The van der Waals surface area contributed by atoms with Crippen LogP contribution in [0.2, 0.25) is 0 Å². The molecule has 0 spiro atoms. The van der Waals surface area contributed by atoms with Gasteiger partial charge in [-0.1, -0.05) is 6.92 Å². The van der Waals surface area contributed by atoms with Gasteiger partial charge in [0.2, 0.25) is 5.82 Å². The maximum atomic E-state index is 12.9. The number of rotatable bonds is 5. The largest absolute Gasteiger partial charge is 0.408 e. The third kappa shape index (κ3) is 4.77. The lowest BCUT2D eigenvalue weighted by atomic mass is 10.1. The Balaban J connectivity index is 1.85. The van der Waals surface area contributed by atoms with Gasteiger partial charge in [-0.05, 0) is 6.92 Å². The van der Waals surface area contributed by atoms with E-state index in [0.29, 0.717) is 31.3 Å². The SMILES string of the molecule is Cc1nc(-c2nc(C(C)CN3CCOCC3)n(CC(F)(F)F)n2)cs1. The summed E-state index contributed by atoms with van der Waals surface area (Å²) in [4.78, 5) is 10.8. The van der Waals surface area contributed by atoms with Crippen LogP contribution in [-0.2, 0) is 11.3 Å². The second-order valence-electron chi connectivity index (χ2n) is 6.13. The first-order valence-corrected chi connectivity index (χ1v) is 8.94. The summed E-state index contributed by atoms with van der Waals surface area (Å²) in [6.45, 7) is 6.02. The van der Waals surface area contributed by atoms with Crippen LogP contribution in [-0.4, -0.2) is 63.7 Å². The number of morpholine rings is 1. The number of ether oxygens (including phenoxy) is 1. The van der Waals surface area contributed by atoms with E-state index < -0.39 is 12.7 Å². The van der Waals surface area contributed by atoms with Crippen molar-refractivity contribution in [1.82, 2.24) is 24.6 Å². The lowest BCUT2D eigenvalue weighted by Crippen LogP contribution is -2.39. The Kier molecular flexibility index (Phi) is 5.40. The van der Waals surface area contributed by atoms with Crippen LogP contribution in [0.4, 0.5) is 13.2 Å². The van der Waals surface area contributed by atoms with Crippen LogP contribution >= 0.6 is 11.3 Å². The van der Waals surface area contributed by atoms with Crippen LogP contribution < -0.4 is 0 Å². The number of hydrogen-bond acceptors (Lipinski definition) is 6. The van der Waals surface area contributed by atoms with Gasteiger partial charge in [0.15, 0.2) is 0 Å². The second kappa shape index (κ2) is 7.38. The fourth-order valence-electron chi connectivity index (χ4n) is 2.83. The molecule has 0 N–H and O–H groups in total. The molecule has 6 nitrogen and oxygen atoms in total. The van der Waals surface area contributed by atoms with Gasteiger partial charge in [0.05, 0.1) is 18.2 Å². The van der Waals surface area contributed by atoms with Crippen molar-refractivity contribution in [2.24, 2.45) is 0 Å². The number of thiazole rings is 1. The minimum Gasteiger partial charge on any atom is -0.379 e. The smallest absolute Gasteiger partial charge is 0.379 e. The number of nitrogens with zero attached hydrogens (tertiary/aromatic N) is 5. The summed E-state index contributed by atoms with van der Waals surface area (Å²) < 4.78 is 45.1. The Hall–Kier alpha value is -1.52. The Labute approximate surface area is 147 Å². The van der Waals surface area contributed by atoms with Crippen LogP contribution in [0.1, 0.15) is 23.7 Å². The number of aromatic nitrogens is 4. The zero-order chi connectivity index (χ0) is 18.0. The highest BCUT2D eigenvalue weighted by atomic mass is 32.1. The number of aryl methyl sites for hydroxylation is 1. The number of alkyl halides is 3. The highest BCUT2D eigenvalue weighted by Gasteiger charge is 2.32. The molecule has 10 heteroatoms. The molecule has 2 aromatic rings. The van der Waals surface area contributed by atoms with Crippen molar-refractivity contribution in [3.05, 3.63) is 16.2 Å². The van der Waals surface area contributed by atoms with Gasteiger partial charge in [0, 0.05) is 30.9 Å². The van der Waals surface area contributed by atoms with E-state index in [2.05, 4.69) is 20.0 Å². The first-order chi connectivity index (χ1) is 11.8. The van der Waals surface area contributed by atoms with Crippen LogP contribution in [0.15, 0.2) is 5.38 Å². The number of halogens is 3. The Bertz CT molecular complexity index is 708. The van der Waals surface area contributed by atoms with E-state index in [1.165, 1.54) is 11.3 Å². The highest BCUT2D eigenvalue weighted by molar-refractivity contribution is 7.09. The van der Waals surface area contributed by atoms with Crippen molar-refractivity contribution in [1.29, 1.82) is 0 Å². The fourth-order valence-corrected chi connectivity index (χ4v) is 3.42. The quantitative estimate of drug-likeness (QED) is 0.804. The molecule has 1 saturated heterocycles. The van der Waals surface area contributed by atoms with E-state index in [9.17, 15) is 13.2 Å². The van der Waals surface area contributed by atoms with Gasteiger partial charge in [-0.15, -0.1) is 16.4 Å². The van der Waals surface area contributed by atoms with E-state index in [0.717, 1.165) is 22.8 Å². The summed E-state index contributed by atoms with van der Waals surface area (Å²) in [6, 6.07) is 0. The van der Waals surface area contributed by atoms with Crippen molar-refractivity contribution in [2.75, 3.05) is 32.8 Å². The molecule has 3 heterocycles. The van der Waals surface area contributed by atoms with Crippen molar-refractivity contribution in [2.45, 2.75) is 32.5 Å². The Morgan fingerprint density at radius 1 is 1.28 bits per heavy atom. The molecular weight excluding hydrogens is 355 g/mol. The summed E-state index contributed by atoms with van der Waals surface area (Å²) in [7, 11) is 0. The average molecular weight is 375 g/mol. The molecule has 0 radical (unpaired) electrons. The maximum absolute atomic E-state index is 12.9. The molecule has 0 aromatic carbocycles. The molecule has 0 saturated carbocycles. The van der Waals surface area contributed by atoms with E-state index >= 15 is 0 Å². The summed E-state index contributed by atoms with van der Waals surface area (Å²) in [5.41, 5.74) is 0.517. The van der Waals surface area contributed by atoms with Crippen LogP contribution in [0, 0.1) is 6.92 Å². The van der Waals surface area contributed by atoms with Crippen LogP contribution in [0.5, 0.6) is 0 Å². The summed E-state index contributed by atoms with van der Waals surface area (Å²) in [6.07, 6.45) is -4.35. The van der Waals surface area contributed by atoms with Crippen molar-refractivity contribution >= 4 is 11.3 Å². The van der Waals surface area contributed by atoms with Gasteiger partial charge in [0.1, 0.15) is 18.1 Å². The topological polar surface area (TPSA) is 56.1 Å². The van der Waals surface area contributed by atoms with Gasteiger partial charge < -0.3 is 4.74 Å². The summed E-state index contributed by atoms with van der Waals surface area (Å²) in [5.74, 6) is 0.406. The van der Waals surface area contributed by atoms with Crippen LogP contribution in [0.3, 0.4) is 0 Å². The number of hydrogen-bond donors (Lipinski definition) is 0. The molecule has 2 aromatic heterocycles. The van der Waals surface area contributed by atoms with Gasteiger partial charge >= 0.3 is 6.18 Å². The van der Waals surface area contributed by atoms with E-state index in [1.54, 1.807) is 5.38 Å². The standard InChI is InChI=1S/C15H20F3N5OS/c1-10(7-22-3-5-24-6-4-22)14-20-13(12-8-25-11(2)19-12)21-23(14)9-15(16,17)18/h8,10H,3-7,9H2,1-2H3. The second-order valence-corrected chi connectivity index (χ2v) is 7.19. The van der Waals surface area contributed by atoms with E-state index in [4.69, 9.17) is 4.74 Å². The van der Waals surface area contributed by atoms with E-state index in [-0.39, 0.29) is 11.7 Å². The minimum absolute atomic E-state index is 0.179. The van der Waals surface area contributed by atoms with Crippen molar-refractivity contribution in [3.63, 3.8) is 0 Å². The molecule has 1 unspecified atom stereocenters. The highest BCUT2D eigenvalue weighted by Crippen LogP contribution is 2.25. The molecular formula is C15H20F3N5OS. The summed E-state index contributed by atoms with van der Waals surface area (Å²) >= 11 is 1.42. The van der Waals surface area contributed by atoms with Crippen molar-refractivity contribution < 1.29 is 17.9 Å². The van der Waals surface area contributed by atoms with Crippen molar-refractivity contribution in [3.8, 4) is 11.5 Å². The van der Waals surface area contributed by atoms with Gasteiger partial charge in [-0.25, -0.2) is 14.6 Å².